The van der Waals surface area contributed by atoms with Crippen molar-refractivity contribution in [2.24, 2.45) is 10.2 Å². The van der Waals surface area contributed by atoms with Gasteiger partial charge >= 0.3 is 5.97 Å². The minimum absolute atomic E-state index is 0.264. The maximum atomic E-state index is 13.5. The Balaban J connectivity index is 1.67. The van der Waals surface area contributed by atoms with Crippen LogP contribution in [-0.2, 0) is 9.59 Å². The van der Waals surface area contributed by atoms with Crippen molar-refractivity contribution >= 4 is 35.0 Å². The molecule has 0 radical (unpaired) electrons. The van der Waals surface area contributed by atoms with Crippen molar-refractivity contribution in [3.63, 3.8) is 0 Å². The summed E-state index contributed by atoms with van der Waals surface area (Å²) in [6.07, 6.45) is 1.26. The first-order valence-corrected chi connectivity index (χ1v) is 8.97. The number of nitrogens with one attached hydrogen (secondary N) is 1. The van der Waals surface area contributed by atoms with E-state index < -0.39 is 11.2 Å². The molecule has 0 bridgehead atoms. The van der Waals surface area contributed by atoms with E-state index in [4.69, 9.17) is 5.11 Å². The number of carboxylic acids is 1. The number of aryl methyl sites for hydroxylation is 1. The Morgan fingerprint density at radius 3 is 2.74 bits per heavy atom. The van der Waals surface area contributed by atoms with Crippen molar-refractivity contribution in [2.45, 2.75) is 18.6 Å². The lowest BCUT2D eigenvalue weighted by Gasteiger charge is -2.06. The van der Waals surface area contributed by atoms with Crippen LogP contribution in [0.3, 0.4) is 0 Å². The first-order chi connectivity index (χ1) is 12.9. The maximum Gasteiger partial charge on any atom is 0.305 e. The van der Waals surface area contributed by atoms with Gasteiger partial charge in [-0.2, -0.15) is 5.10 Å². The molecule has 0 saturated carbocycles. The van der Waals surface area contributed by atoms with Crippen molar-refractivity contribution in [3.8, 4) is 11.1 Å². The number of benzene rings is 2. The van der Waals surface area contributed by atoms with Crippen molar-refractivity contribution in [1.82, 2.24) is 5.32 Å². The van der Waals surface area contributed by atoms with E-state index in [9.17, 15) is 14.0 Å². The number of rotatable bonds is 5. The summed E-state index contributed by atoms with van der Waals surface area (Å²) in [7, 11) is 0. The number of amides is 1. The van der Waals surface area contributed by atoms with Gasteiger partial charge < -0.3 is 10.4 Å². The Kier molecular flexibility index (Phi) is 5.66. The monoisotopic (exact) mass is 385 g/mol. The molecule has 1 aliphatic heterocycles. The van der Waals surface area contributed by atoms with Gasteiger partial charge in [-0.3, -0.25) is 9.59 Å². The van der Waals surface area contributed by atoms with E-state index in [1.807, 2.05) is 31.2 Å². The first kappa shape index (κ1) is 18.8. The lowest BCUT2D eigenvalue weighted by atomic mass is 9.99. The predicted molar refractivity (Wildman–Crippen MR) is 103 cm³/mol. The smallest absolute Gasteiger partial charge is 0.305 e. The molecule has 138 valence electrons. The predicted octanol–water partition coefficient (Wildman–Crippen LogP) is 3.20. The second kappa shape index (κ2) is 8.13. The second-order valence-corrected chi connectivity index (χ2v) is 7.12. The van der Waals surface area contributed by atoms with Gasteiger partial charge in [0, 0.05) is 0 Å². The van der Waals surface area contributed by atoms with E-state index in [2.05, 4.69) is 15.5 Å². The highest BCUT2D eigenvalue weighted by atomic mass is 32.2. The molecule has 2 aromatic carbocycles. The molecule has 2 N–H and O–H groups in total. The number of carboxylic acid groups (broad SMARTS) is 1. The fraction of sp³-hybridized carbons (Fsp3) is 0.158. The highest BCUT2D eigenvalue weighted by Gasteiger charge is 2.32. The summed E-state index contributed by atoms with van der Waals surface area (Å²) in [5.74, 6) is -1.71. The zero-order valence-corrected chi connectivity index (χ0v) is 15.2. The molecule has 0 aromatic heterocycles. The molecule has 8 heteroatoms. The topological polar surface area (TPSA) is 91.1 Å². The molecule has 1 aliphatic rings. The van der Waals surface area contributed by atoms with Crippen LogP contribution in [0.15, 0.2) is 52.7 Å². The molecular formula is C19H16FN3O3S. The van der Waals surface area contributed by atoms with Gasteiger partial charge in [0.1, 0.15) is 11.1 Å². The average molecular weight is 385 g/mol. The third-order valence-corrected chi connectivity index (χ3v) is 4.99. The van der Waals surface area contributed by atoms with Crippen molar-refractivity contribution < 1.29 is 19.1 Å². The minimum atomic E-state index is -1.04. The van der Waals surface area contributed by atoms with Crippen molar-refractivity contribution in [1.29, 1.82) is 0 Å². The van der Waals surface area contributed by atoms with Gasteiger partial charge in [-0.25, -0.2) is 4.39 Å². The van der Waals surface area contributed by atoms with Gasteiger partial charge in [0.2, 0.25) is 5.91 Å². The van der Waals surface area contributed by atoms with Gasteiger partial charge in [-0.15, -0.1) is 5.10 Å². The first-order valence-electron chi connectivity index (χ1n) is 8.09. The molecule has 0 spiro atoms. The molecule has 3 rings (SSSR count). The van der Waals surface area contributed by atoms with Crippen LogP contribution in [0.1, 0.15) is 17.5 Å². The third kappa shape index (κ3) is 4.79. The summed E-state index contributed by atoms with van der Waals surface area (Å²) in [4.78, 5) is 22.3. The Morgan fingerprint density at radius 2 is 2.04 bits per heavy atom. The van der Waals surface area contributed by atoms with E-state index in [0.717, 1.165) is 34.0 Å². The summed E-state index contributed by atoms with van der Waals surface area (Å²) in [5.41, 5.74) is 3.49. The van der Waals surface area contributed by atoms with Crippen LogP contribution < -0.4 is 5.32 Å². The Labute approximate surface area is 159 Å². The molecule has 0 aliphatic carbocycles. The molecule has 1 saturated heterocycles. The molecule has 2 aromatic rings. The van der Waals surface area contributed by atoms with Crippen molar-refractivity contribution in [2.75, 3.05) is 0 Å². The molecule has 1 amide bonds. The van der Waals surface area contributed by atoms with Gasteiger partial charge in [0.05, 0.1) is 12.6 Å². The van der Waals surface area contributed by atoms with E-state index in [1.165, 1.54) is 18.3 Å². The SMILES string of the molecule is Cc1ccc(F)cc1-c1ccc(C=NN=C2NC(=O)C(CC(=O)O)S2)cc1. The quantitative estimate of drug-likeness (QED) is 0.611. The Bertz CT molecular complexity index is 942. The number of carbonyl (C=O) groups excluding carboxylic acids is 1. The van der Waals surface area contributed by atoms with Crippen LogP contribution in [0.4, 0.5) is 4.39 Å². The van der Waals surface area contributed by atoms with Crippen molar-refractivity contribution in [3.05, 3.63) is 59.4 Å². The van der Waals surface area contributed by atoms with E-state index >= 15 is 0 Å². The van der Waals surface area contributed by atoms with E-state index in [-0.39, 0.29) is 23.3 Å². The van der Waals surface area contributed by atoms with Crippen LogP contribution >= 0.6 is 11.8 Å². The fourth-order valence-electron chi connectivity index (χ4n) is 2.55. The van der Waals surface area contributed by atoms with Crippen LogP contribution in [-0.4, -0.2) is 33.6 Å². The zero-order chi connectivity index (χ0) is 19.4. The molecular weight excluding hydrogens is 369 g/mol. The number of aliphatic carboxylic acids is 1. The number of halogens is 1. The lowest BCUT2D eigenvalue weighted by molar-refractivity contribution is -0.138. The summed E-state index contributed by atoms with van der Waals surface area (Å²) >= 11 is 1.04. The summed E-state index contributed by atoms with van der Waals surface area (Å²) in [6, 6.07) is 12.1. The van der Waals surface area contributed by atoms with E-state index in [0.29, 0.717) is 0 Å². The fourth-order valence-corrected chi connectivity index (χ4v) is 3.46. The third-order valence-electron chi connectivity index (χ3n) is 3.91. The van der Waals surface area contributed by atoms with E-state index in [1.54, 1.807) is 6.07 Å². The normalized spacial score (nSPS) is 18.2. The van der Waals surface area contributed by atoms with Crippen LogP contribution in [0.2, 0.25) is 0 Å². The van der Waals surface area contributed by atoms with Gasteiger partial charge in [-0.1, -0.05) is 42.1 Å². The number of thioether (sulfide) groups is 1. The number of hydrogen-bond donors (Lipinski definition) is 2. The average Bonchev–Trinajstić information content (AvgIpc) is 2.96. The standard InChI is InChI=1S/C19H16FN3O3S/c1-11-2-7-14(20)8-15(11)13-5-3-12(4-6-13)10-21-23-19-22-18(26)16(27-19)9-17(24)25/h2-8,10,16H,9H2,1H3,(H,24,25)(H,22,23,26). The summed E-state index contributed by atoms with van der Waals surface area (Å²) < 4.78 is 13.5. The molecule has 6 nitrogen and oxygen atoms in total. The largest absolute Gasteiger partial charge is 0.481 e. The Morgan fingerprint density at radius 1 is 1.30 bits per heavy atom. The number of nitrogens with zero attached hydrogens (tertiary/aromatic N) is 2. The van der Waals surface area contributed by atoms with Crippen LogP contribution in [0.25, 0.3) is 11.1 Å². The number of carbonyl (C=O) groups is 2. The summed E-state index contributed by atoms with van der Waals surface area (Å²) in [5, 5.41) is 18.7. The highest BCUT2D eigenvalue weighted by Crippen LogP contribution is 2.25. The molecule has 27 heavy (non-hydrogen) atoms. The maximum absolute atomic E-state index is 13.5. The van der Waals surface area contributed by atoms with Crippen LogP contribution in [0, 0.1) is 12.7 Å². The molecule has 1 fully saturated rings. The number of hydrogen-bond acceptors (Lipinski definition) is 5. The molecule has 1 atom stereocenters. The Hall–Kier alpha value is -3.00. The summed E-state index contributed by atoms with van der Waals surface area (Å²) in [6.45, 7) is 1.92. The van der Waals surface area contributed by atoms with Gasteiger partial charge in [0.15, 0.2) is 5.17 Å². The second-order valence-electron chi connectivity index (χ2n) is 5.92. The van der Waals surface area contributed by atoms with Crippen LogP contribution in [0.5, 0.6) is 0 Å². The van der Waals surface area contributed by atoms with Gasteiger partial charge in [-0.05, 0) is 41.3 Å². The molecule has 1 heterocycles. The van der Waals surface area contributed by atoms with Gasteiger partial charge in [0.25, 0.3) is 0 Å². The minimum Gasteiger partial charge on any atom is -0.481 e. The number of amidine groups is 1. The lowest BCUT2D eigenvalue weighted by Crippen LogP contribution is -2.26. The zero-order valence-electron chi connectivity index (χ0n) is 14.3. The highest BCUT2D eigenvalue weighted by molar-refractivity contribution is 8.15. The molecule has 1 unspecified atom stereocenters.